The molecule has 2 fully saturated rings. The van der Waals surface area contributed by atoms with Crippen molar-refractivity contribution in [2.45, 2.75) is 25.3 Å². The van der Waals surface area contributed by atoms with E-state index >= 15 is 0 Å². The van der Waals surface area contributed by atoms with Crippen LogP contribution in [0.2, 0.25) is 0 Å². The number of fused-ring (bicyclic) bond motifs is 1. The van der Waals surface area contributed by atoms with Gasteiger partial charge in [0.15, 0.2) is 0 Å². The van der Waals surface area contributed by atoms with Crippen molar-refractivity contribution in [3.63, 3.8) is 0 Å². The molecule has 2 atom stereocenters. The molecule has 0 radical (unpaired) electrons. The van der Waals surface area contributed by atoms with Gasteiger partial charge in [0.1, 0.15) is 0 Å². The van der Waals surface area contributed by atoms with Crippen LogP contribution >= 0.6 is 0 Å². The van der Waals surface area contributed by atoms with Crippen molar-refractivity contribution in [1.82, 2.24) is 4.90 Å². The maximum Gasteiger partial charge on any atom is 0.310 e. The van der Waals surface area contributed by atoms with Crippen LogP contribution in [0.4, 0.5) is 0 Å². The zero-order valence-corrected chi connectivity index (χ0v) is 7.45. The smallest absolute Gasteiger partial charge is 0.310 e. The van der Waals surface area contributed by atoms with Crippen molar-refractivity contribution in [3.05, 3.63) is 0 Å². The molecule has 0 aromatic rings. The van der Waals surface area contributed by atoms with E-state index in [2.05, 4.69) is 4.90 Å². The first kappa shape index (κ1) is 8.05. The number of hydrogen-bond donors (Lipinski definition) is 0. The molecule has 12 heavy (non-hydrogen) atoms. The van der Waals surface area contributed by atoms with Gasteiger partial charge < -0.3 is 4.74 Å². The Morgan fingerprint density at radius 3 is 3.00 bits per heavy atom. The van der Waals surface area contributed by atoms with Crippen LogP contribution in [-0.2, 0) is 9.53 Å². The van der Waals surface area contributed by atoms with Gasteiger partial charge in [0.05, 0.1) is 13.0 Å². The summed E-state index contributed by atoms with van der Waals surface area (Å²) in [6.07, 6.45) is 3.43. The Morgan fingerprint density at radius 1 is 1.42 bits per heavy atom. The van der Waals surface area contributed by atoms with Crippen molar-refractivity contribution in [2.75, 3.05) is 20.2 Å². The van der Waals surface area contributed by atoms with Gasteiger partial charge in [-0.25, -0.2) is 0 Å². The zero-order valence-electron chi connectivity index (χ0n) is 7.45. The molecular weight excluding hydrogens is 154 g/mol. The molecule has 3 heteroatoms. The highest BCUT2D eigenvalue weighted by molar-refractivity contribution is 5.73. The topological polar surface area (TPSA) is 29.5 Å². The number of rotatable bonds is 1. The number of ether oxygens (including phenoxy) is 1. The van der Waals surface area contributed by atoms with E-state index in [9.17, 15) is 4.79 Å². The summed E-state index contributed by atoms with van der Waals surface area (Å²) in [4.78, 5) is 13.7. The summed E-state index contributed by atoms with van der Waals surface area (Å²) in [6.45, 7) is 2.27. The molecule has 0 aliphatic carbocycles. The van der Waals surface area contributed by atoms with Crippen LogP contribution in [0.15, 0.2) is 0 Å². The lowest BCUT2D eigenvalue weighted by Gasteiger charge is -2.17. The summed E-state index contributed by atoms with van der Waals surface area (Å²) >= 11 is 0. The lowest BCUT2D eigenvalue weighted by molar-refractivity contribution is -0.146. The largest absolute Gasteiger partial charge is 0.469 e. The molecule has 0 bridgehead atoms. The highest BCUT2D eigenvalue weighted by Gasteiger charge is 2.41. The average Bonchev–Trinajstić information content (AvgIpc) is 2.62. The minimum Gasteiger partial charge on any atom is -0.469 e. The van der Waals surface area contributed by atoms with Crippen molar-refractivity contribution in [1.29, 1.82) is 0 Å². The molecule has 0 saturated carbocycles. The third-order valence-corrected chi connectivity index (χ3v) is 3.11. The molecule has 0 unspecified atom stereocenters. The van der Waals surface area contributed by atoms with Gasteiger partial charge in [-0.2, -0.15) is 0 Å². The summed E-state index contributed by atoms with van der Waals surface area (Å²) in [5.41, 5.74) is 0. The monoisotopic (exact) mass is 169 g/mol. The summed E-state index contributed by atoms with van der Waals surface area (Å²) in [5, 5.41) is 0. The number of carbonyl (C=O) groups excluding carboxylic acids is 1. The van der Waals surface area contributed by atoms with Crippen LogP contribution in [0.1, 0.15) is 19.3 Å². The van der Waals surface area contributed by atoms with E-state index in [1.807, 2.05) is 0 Å². The molecule has 2 heterocycles. The second kappa shape index (κ2) is 3.05. The highest BCUT2D eigenvalue weighted by atomic mass is 16.5. The van der Waals surface area contributed by atoms with Crippen molar-refractivity contribution < 1.29 is 9.53 Å². The second-order valence-corrected chi connectivity index (χ2v) is 3.66. The van der Waals surface area contributed by atoms with Gasteiger partial charge in [-0.05, 0) is 32.4 Å². The number of carbonyl (C=O) groups is 1. The summed E-state index contributed by atoms with van der Waals surface area (Å²) in [5.74, 6) is 0.155. The van der Waals surface area contributed by atoms with E-state index in [0.29, 0.717) is 6.04 Å². The first-order valence-corrected chi connectivity index (χ1v) is 4.65. The Hall–Kier alpha value is -0.570. The molecule has 0 aromatic heterocycles. The van der Waals surface area contributed by atoms with Crippen LogP contribution in [0.3, 0.4) is 0 Å². The van der Waals surface area contributed by atoms with Crippen LogP contribution < -0.4 is 0 Å². The first-order chi connectivity index (χ1) is 5.83. The molecule has 2 rings (SSSR count). The van der Waals surface area contributed by atoms with Gasteiger partial charge in [0.2, 0.25) is 0 Å². The summed E-state index contributed by atoms with van der Waals surface area (Å²) in [7, 11) is 1.49. The Morgan fingerprint density at radius 2 is 2.25 bits per heavy atom. The Kier molecular flexibility index (Phi) is 2.05. The molecule has 0 N–H and O–H groups in total. The fraction of sp³-hybridized carbons (Fsp3) is 0.889. The minimum atomic E-state index is -0.00981. The Labute approximate surface area is 72.7 Å². The molecule has 0 aromatic carbocycles. The van der Waals surface area contributed by atoms with E-state index in [0.717, 1.165) is 13.0 Å². The predicted molar refractivity (Wildman–Crippen MR) is 44.7 cm³/mol. The maximum atomic E-state index is 11.3. The van der Waals surface area contributed by atoms with Crippen LogP contribution in [0, 0.1) is 5.92 Å². The molecule has 2 saturated heterocycles. The zero-order chi connectivity index (χ0) is 8.55. The van der Waals surface area contributed by atoms with Gasteiger partial charge in [-0.3, -0.25) is 9.69 Å². The lowest BCUT2D eigenvalue weighted by Crippen LogP contribution is -2.30. The first-order valence-electron chi connectivity index (χ1n) is 4.65. The van der Waals surface area contributed by atoms with Crippen LogP contribution in [0.25, 0.3) is 0 Å². The molecule has 3 nitrogen and oxygen atoms in total. The quantitative estimate of drug-likeness (QED) is 0.540. The third-order valence-electron chi connectivity index (χ3n) is 3.11. The van der Waals surface area contributed by atoms with Crippen molar-refractivity contribution in [2.24, 2.45) is 5.92 Å². The highest BCUT2D eigenvalue weighted by Crippen LogP contribution is 2.33. The molecule has 0 spiro atoms. The molecule has 68 valence electrons. The normalized spacial score (nSPS) is 35.1. The van der Waals surface area contributed by atoms with Crippen molar-refractivity contribution in [3.8, 4) is 0 Å². The third kappa shape index (κ3) is 1.12. The average molecular weight is 169 g/mol. The lowest BCUT2D eigenvalue weighted by atomic mass is 9.99. The number of methoxy groups -OCH3 is 1. The summed E-state index contributed by atoms with van der Waals surface area (Å²) in [6, 6.07) is 0.498. The molecule has 2 aliphatic rings. The van der Waals surface area contributed by atoms with E-state index in [1.165, 1.54) is 26.5 Å². The number of hydrogen-bond acceptors (Lipinski definition) is 3. The van der Waals surface area contributed by atoms with Gasteiger partial charge in [-0.1, -0.05) is 0 Å². The van der Waals surface area contributed by atoms with E-state index in [-0.39, 0.29) is 11.9 Å². The van der Waals surface area contributed by atoms with E-state index in [1.54, 1.807) is 0 Å². The predicted octanol–water partition coefficient (Wildman–Crippen LogP) is 0.644. The van der Waals surface area contributed by atoms with Gasteiger partial charge >= 0.3 is 5.97 Å². The fourth-order valence-corrected chi connectivity index (χ4v) is 2.51. The molecule has 0 amide bonds. The maximum absolute atomic E-state index is 11.3. The minimum absolute atomic E-state index is 0.00981. The number of nitrogens with zero attached hydrogens (tertiary/aromatic N) is 1. The number of esters is 1. The standard InChI is InChI=1S/C9H15NO2/c1-12-9(11)7-4-6-10-5-2-3-8(7)10/h7-8H,2-6H2,1H3/t7-,8-/m1/s1. The molecular formula is C9H15NO2. The fourth-order valence-electron chi connectivity index (χ4n) is 2.51. The van der Waals surface area contributed by atoms with Crippen LogP contribution in [-0.4, -0.2) is 37.1 Å². The molecule has 2 aliphatic heterocycles. The van der Waals surface area contributed by atoms with Crippen molar-refractivity contribution >= 4 is 5.97 Å². The Bertz CT molecular complexity index is 193. The van der Waals surface area contributed by atoms with Crippen LogP contribution in [0.5, 0.6) is 0 Å². The summed E-state index contributed by atoms with van der Waals surface area (Å²) < 4.78 is 4.78. The van der Waals surface area contributed by atoms with Gasteiger partial charge in [-0.15, -0.1) is 0 Å². The Balaban J connectivity index is 2.04. The SMILES string of the molecule is COC(=O)[C@@H]1CCN2CCC[C@H]12. The van der Waals surface area contributed by atoms with Gasteiger partial charge in [0.25, 0.3) is 0 Å². The second-order valence-electron chi connectivity index (χ2n) is 3.66. The van der Waals surface area contributed by atoms with E-state index in [4.69, 9.17) is 4.74 Å². The van der Waals surface area contributed by atoms with E-state index < -0.39 is 0 Å². The van der Waals surface area contributed by atoms with Gasteiger partial charge in [0, 0.05) is 6.04 Å².